The van der Waals surface area contributed by atoms with E-state index in [4.69, 9.17) is 11.6 Å². The zero-order valence-corrected chi connectivity index (χ0v) is 16.4. The van der Waals surface area contributed by atoms with E-state index >= 15 is 0 Å². The molecule has 2 amide bonds. The van der Waals surface area contributed by atoms with Crippen LogP contribution in [0.15, 0.2) is 41.8 Å². The molecule has 1 aliphatic heterocycles. The lowest BCUT2D eigenvalue weighted by Crippen LogP contribution is -2.47. The second-order valence-electron chi connectivity index (χ2n) is 6.40. The van der Waals surface area contributed by atoms with Gasteiger partial charge in [-0.15, -0.1) is 22.9 Å². The van der Waals surface area contributed by atoms with Crippen molar-refractivity contribution in [2.75, 3.05) is 25.5 Å². The highest BCUT2D eigenvalue weighted by Gasteiger charge is 2.33. The van der Waals surface area contributed by atoms with Crippen molar-refractivity contribution in [2.45, 2.75) is 25.8 Å². The molecule has 1 aromatic carbocycles. The van der Waals surface area contributed by atoms with E-state index in [0.717, 1.165) is 18.4 Å². The number of fused-ring (bicyclic) bond motifs is 1. The number of rotatable bonds is 6. The van der Waals surface area contributed by atoms with Crippen molar-refractivity contribution in [2.24, 2.45) is 0 Å². The van der Waals surface area contributed by atoms with E-state index in [1.54, 1.807) is 16.2 Å². The van der Waals surface area contributed by atoms with Gasteiger partial charge in [0.15, 0.2) is 0 Å². The standard InChI is InChI=1S/C20H23ClN2O2S/c1-2-10-22(18(24)13-21)14-19(25)23-11-8-17-16(9-12-26-17)20(23)15-6-4-3-5-7-15/h3-7,9,12,20H,2,8,10-11,13-14H2,1H3/t20-/m1/s1. The molecular weight excluding hydrogens is 368 g/mol. The Bertz CT molecular complexity index is 762. The molecule has 138 valence electrons. The summed E-state index contributed by atoms with van der Waals surface area (Å²) in [5.74, 6) is -0.307. The molecule has 0 aliphatic carbocycles. The van der Waals surface area contributed by atoms with Gasteiger partial charge in [-0.3, -0.25) is 9.59 Å². The number of halogens is 1. The number of benzene rings is 1. The summed E-state index contributed by atoms with van der Waals surface area (Å²) in [6.45, 7) is 3.29. The van der Waals surface area contributed by atoms with Gasteiger partial charge in [0, 0.05) is 18.0 Å². The van der Waals surface area contributed by atoms with E-state index < -0.39 is 0 Å². The van der Waals surface area contributed by atoms with Crippen LogP contribution in [0.2, 0.25) is 0 Å². The fourth-order valence-electron chi connectivity index (χ4n) is 3.48. The smallest absolute Gasteiger partial charge is 0.242 e. The second kappa shape index (κ2) is 8.69. The molecule has 0 unspecified atom stereocenters. The van der Waals surface area contributed by atoms with E-state index in [0.29, 0.717) is 13.1 Å². The van der Waals surface area contributed by atoms with Gasteiger partial charge in [0.25, 0.3) is 0 Å². The van der Waals surface area contributed by atoms with Crippen LogP contribution in [-0.4, -0.2) is 47.1 Å². The molecule has 26 heavy (non-hydrogen) atoms. The van der Waals surface area contributed by atoms with E-state index in [1.807, 2.05) is 30.0 Å². The first kappa shape index (κ1) is 18.9. The Hall–Kier alpha value is -1.85. The molecule has 6 heteroatoms. The molecule has 2 heterocycles. The fourth-order valence-corrected chi connectivity index (χ4v) is 4.55. The van der Waals surface area contributed by atoms with Crippen molar-refractivity contribution in [3.8, 4) is 0 Å². The Morgan fingerprint density at radius 3 is 2.73 bits per heavy atom. The van der Waals surface area contributed by atoms with Crippen molar-refractivity contribution in [1.29, 1.82) is 0 Å². The molecule has 0 N–H and O–H groups in total. The van der Waals surface area contributed by atoms with Crippen LogP contribution >= 0.6 is 22.9 Å². The lowest BCUT2D eigenvalue weighted by atomic mass is 9.93. The minimum Gasteiger partial charge on any atom is -0.332 e. The molecule has 0 saturated heterocycles. The molecule has 2 aromatic rings. The van der Waals surface area contributed by atoms with Crippen LogP contribution in [0.5, 0.6) is 0 Å². The quantitative estimate of drug-likeness (QED) is 0.705. The van der Waals surface area contributed by atoms with E-state index in [9.17, 15) is 9.59 Å². The fraction of sp³-hybridized carbons (Fsp3) is 0.400. The number of nitrogens with zero attached hydrogens (tertiary/aromatic N) is 2. The van der Waals surface area contributed by atoms with Crippen LogP contribution in [0.3, 0.4) is 0 Å². The summed E-state index contributed by atoms with van der Waals surface area (Å²) in [4.78, 5) is 30.0. The molecule has 1 aliphatic rings. The van der Waals surface area contributed by atoms with Crippen LogP contribution in [-0.2, 0) is 16.0 Å². The summed E-state index contributed by atoms with van der Waals surface area (Å²) >= 11 is 7.46. The van der Waals surface area contributed by atoms with Crippen molar-refractivity contribution >= 4 is 34.8 Å². The van der Waals surface area contributed by atoms with Gasteiger partial charge in [-0.2, -0.15) is 0 Å². The van der Waals surface area contributed by atoms with Crippen LogP contribution in [0, 0.1) is 0 Å². The molecule has 1 aromatic heterocycles. The summed E-state index contributed by atoms with van der Waals surface area (Å²) in [6, 6.07) is 12.1. The van der Waals surface area contributed by atoms with Gasteiger partial charge in [0.05, 0.1) is 12.6 Å². The SMILES string of the molecule is CCCN(CC(=O)N1CCc2sccc2[C@H]1c1ccccc1)C(=O)CCl. The predicted molar refractivity (Wildman–Crippen MR) is 106 cm³/mol. The third-order valence-electron chi connectivity index (χ3n) is 4.69. The summed E-state index contributed by atoms with van der Waals surface area (Å²) in [6.07, 6.45) is 1.66. The van der Waals surface area contributed by atoms with E-state index in [-0.39, 0.29) is 30.3 Å². The zero-order valence-electron chi connectivity index (χ0n) is 14.9. The molecular formula is C20H23ClN2O2S. The normalized spacial score (nSPS) is 16.2. The van der Waals surface area contributed by atoms with Crippen molar-refractivity contribution in [3.63, 3.8) is 0 Å². The second-order valence-corrected chi connectivity index (χ2v) is 7.67. The van der Waals surface area contributed by atoms with Crippen LogP contribution in [0.4, 0.5) is 0 Å². The van der Waals surface area contributed by atoms with E-state index in [2.05, 4.69) is 23.6 Å². The molecule has 3 rings (SSSR count). The minimum absolute atomic E-state index is 0.0254. The Morgan fingerprint density at radius 1 is 1.27 bits per heavy atom. The highest BCUT2D eigenvalue weighted by atomic mass is 35.5. The van der Waals surface area contributed by atoms with Crippen molar-refractivity contribution < 1.29 is 9.59 Å². The Kier molecular flexibility index (Phi) is 6.33. The highest BCUT2D eigenvalue weighted by molar-refractivity contribution is 7.10. The summed E-state index contributed by atoms with van der Waals surface area (Å²) in [5, 5.41) is 2.09. The van der Waals surface area contributed by atoms with Gasteiger partial charge in [-0.25, -0.2) is 0 Å². The number of hydrogen-bond acceptors (Lipinski definition) is 3. The van der Waals surface area contributed by atoms with Crippen molar-refractivity contribution in [3.05, 3.63) is 57.8 Å². The third kappa shape index (κ3) is 3.94. The number of thiophene rings is 1. The maximum Gasteiger partial charge on any atom is 0.242 e. The lowest BCUT2D eigenvalue weighted by Gasteiger charge is -2.37. The van der Waals surface area contributed by atoms with E-state index in [1.165, 1.54) is 10.4 Å². The van der Waals surface area contributed by atoms with Crippen LogP contribution in [0.1, 0.15) is 35.4 Å². The molecule has 0 saturated carbocycles. The summed E-state index contributed by atoms with van der Waals surface area (Å²) in [5.41, 5.74) is 2.30. The van der Waals surface area contributed by atoms with Crippen LogP contribution in [0.25, 0.3) is 0 Å². The first-order chi connectivity index (χ1) is 12.7. The van der Waals surface area contributed by atoms with Crippen LogP contribution < -0.4 is 0 Å². The zero-order chi connectivity index (χ0) is 18.5. The monoisotopic (exact) mass is 390 g/mol. The Labute approximate surface area is 163 Å². The molecule has 0 radical (unpaired) electrons. The van der Waals surface area contributed by atoms with Gasteiger partial charge < -0.3 is 9.80 Å². The minimum atomic E-state index is -0.189. The highest BCUT2D eigenvalue weighted by Crippen LogP contribution is 2.37. The van der Waals surface area contributed by atoms with Gasteiger partial charge >= 0.3 is 0 Å². The number of carbonyl (C=O) groups is 2. The first-order valence-electron chi connectivity index (χ1n) is 8.90. The topological polar surface area (TPSA) is 40.6 Å². The molecule has 0 fully saturated rings. The van der Waals surface area contributed by atoms with Gasteiger partial charge in [0.2, 0.25) is 11.8 Å². The van der Waals surface area contributed by atoms with Gasteiger partial charge in [0.1, 0.15) is 5.88 Å². The Balaban J connectivity index is 1.87. The largest absolute Gasteiger partial charge is 0.332 e. The number of hydrogen-bond donors (Lipinski definition) is 0. The Morgan fingerprint density at radius 2 is 2.04 bits per heavy atom. The number of carbonyl (C=O) groups excluding carboxylic acids is 2. The first-order valence-corrected chi connectivity index (χ1v) is 10.3. The molecule has 4 nitrogen and oxygen atoms in total. The number of alkyl halides is 1. The molecule has 1 atom stereocenters. The number of amides is 2. The lowest BCUT2D eigenvalue weighted by molar-refractivity contribution is -0.140. The predicted octanol–water partition coefficient (Wildman–Crippen LogP) is 3.70. The molecule has 0 spiro atoms. The maximum absolute atomic E-state index is 13.1. The average Bonchev–Trinajstić information content (AvgIpc) is 3.15. The van der Waals surface area contributed by atoms with Crippen molar-refractivity contribution in [1.82, 2.24) is 9.80 Å². The van der Waals surface area contributed by atoms with Gasteiger partial charge in [-0.1, -0.05) is 37.3 Å². The third-order valence-corrected chi connectivity index (χ3v) is 5.91. The maximum atomic E-state index is 13.1. The van der Waals surface area contributed by atoms with Gasteiger partial charge in [-0.05, 0) is 35.4 Å². The average molecular weight is 391 g/mol. The summed E-state index contributed by atoms with van der Waals surface area (Å²) in [7, 11) is 0. The summed E-state index contributed by atoms with van der Waals surface area (Å²) < 4.78 is 0. The molecule has 0 bridgehead atoms.